The van der Waals surface area contributed by atoms with E-state index in [0.717, 1.165) is 16.7 Å². The fourth-order valence-corrected chi connectivity index (χ4v) is 2.05. The maximum Gasteiger partial charge on any atom is 0.335 e. The van der Waals surface area contributed by atoms with Gasteiger partial charge in [-0.15, -0.1) is 0 Å². The van der Waals surface area contributed by atoms with Crippen molar-refractivity contribution in [3.63, 3.8) is 0 Å². The first-order valence-electron chi connectivity index (χ1n) is 6.30. The molecule has 2 aromatic rings. The number of methoxy groups -OCH3 is 1. The standard InChI is InChI=1S/C16H17NO3/c1-10(17)11-6-7-15(20-2)14(9-11)12-4-3-5-13(8-12)16(18)19/h3-10H,17H2,1-2H3,(H,18,19). The number of hydrogen-bond acceptors (Lipinski definition) is 3. The van der Waals surface area contributed by atoms with E-state index in [0.29, 0.717) is 5.75 Å². The summed E-state index contributed by atoms with van der Waals surface area (Å²) in [6.45, 7) is 1.90. The highest BCUT2D eigenvalue weighted by Gasteiger charge is 2.11. The topological polar surface area (TPSA) is 72.5 Å². The second kappa shape index (κ2) is 5.75. The van der Waals surface area contributed by atoms with Gasteiger partial charge in [0.15, 0.2) is 0 Å². The average Bonchev–Trinajstić information content (AvgIpc) is 2.46. The Balaban J connectivity index is 2.57. The average molecular weight is 271 g/mol. The van der Waals surface area contributed by atoms with Crippen molar-refractivity contribution in [2.75, 3.05) is 7.11 Å². The molecular weight excluding hydrogens is 254 g/mol. The summed E-state index contributed by atoms with van der Waals surface area (Å²) in [4.78, 5) is 11.1. The van der Waals surface area contributed by atoms with E-state index < -0.39 is 5.97 Å². The monoisotopic (exact) mass is 271 g/mol. The lowest BCUT2D eigenvalue weighted by molar-refractivity contribution is 0.0697. The Hall–Kier alpha value is -2.33. The summed E-state index contributed by atoms with van der Waals surface area (Å²) in [6.07, 6.45) is 0. The van der Waals surface area contributed by atoms with Gasteiger partial charge >= 0.3 is 5.97 Å². The smallest absolute Gasteiger partial charge is 0.335 e. The molecule has 1 unspecified atom stereocenters. The van der Waals surface area contributed by atoms with E-state index in [1.807, 2.05) is 31.2 Å². The van der Waals surface area contributed by atoms with Crippen molar-refractivity contribution in [3.05, 3.63) is 53.6 Å². The molecule has 4 nitrogen and oxygen atoms in total. The van der Waals surface area contributed by atoms with Gasteiger partial charge in [-0.05, 0) is 42.3 Å². The van der Waals surface area contributed by atoms with Crippen molar-refractivity contribution in [1.82, 2.24) is 0 Å². The Morgan fingerprint density at radius 3 is 2.60 bits per heavy atom. The molecule has 0 radical (unpaired) electrons. The molecule has 0 amide bonds. The molecule has 20 heavy (non-hydrogen) atoms. The summed E-state index contributed by atoms with van der Waals surface area (Å²) in [5.41, 5.74) is 8.75. The van der Waals surface area contributed by atoms with Gasteiger partial charge in [-0.1, -0.05) is 18.2 Å². The van der Waals surface area contributed by atoms with Gasteiger partial charge in [-0.25, -0.2) is 4.79 Å². The quantitative estimate of drug-likeness (QED) is 0.896. The molecule has 0 aliphatic heterocycles. The maximum absolute atomic E-state index is 11.1. The van der Waals surface area contributed by atoms with Crippen LogP contribution in [-0.2, 0) is 0 Å². The molecule has 104 valence electrons. The number of aromatic carboxylic acids is 1. The fourth-order valence-electron chi connectivity index (χ4n) is 2.05. The largest absolute Gasteiger partial charge is 0.496 e. The van der Waals surface area contributed by atoms with E-state index in [1.54, 1.807) is 25.3 Å². The molecule has 0 fully saturated rings. The highest BCUT2D eigenvalue weighted by Crippen LogP contribution is 2.32. The summed E-state index contributed by atoms with van der Waals surface area (Å²) >= 11 is 0. The summed E-state index contributed by atoms with van der Waals surface area (Å²) in [7, 11) is 1.59. The van der Waals surface area contributed by atoms with E-state index in [4.69, 9.17) is 15.6 Å². The predicted molar refractivity (Wildman–Crippen MR) is 78.0 cm³/mol. The fraction of sp³-hybridized carbons (Fsp3) is 0.188. The zero-order chi connectivity index (χ0) is 14.7. The number of carboxylic acid groups (broad SMARTS) is 1. The second-order valence-electron chi connectivity index (χ2n) is 4.63. The number of nitrogens with two attached hydrogens (primary N) is 1. The van der Waals surface area contributed by atoms with E-state index in [-0.39, 0.29) is 11.6 Å². The van der Waals surface area contributed by atoms with Gasteiger partial charge in [0.25, 0.3) is 0 Å². The van der Waals surface area contributed by atoms with Crippen molar-refractivity contribution < 1.29 is 14.6 Å². The molecule has 1 atom stereocenters. The maximum atomic E-state index is 11.1. The molecule has 0 aliphatic rings. The molecule has 0 saturated carbocycles. The number of carbonyl (C=O) groups is 1. The molecule has 2 rings (SSSR count). The van der Waals surface area contributed by atoms with E-state index in [2.05, 4.69) is 0 Å². The van der Waals surface area contributed by atoms with Gasteiger partial charge in [0.1, 0.15) is 5.75 Å². The molecule has 0 saturated heterocycles. The Kier molecular flexibility index (Phi) is 4.05. The summed E-state index contributed by atoms with van der Waals surface area (Å²) in [5.74, 6) is -0.258. The second-order valence-corrected chi connectivity index (χ2v) is 4.63. The summed E-state index contributed by atoms with van der Waals surface area (Å²) in [5, 5.41) is 9.07. The lowest BCUT2D eigenvalue weighted by Gasteiger charge is -2.13. The zero-order valence-electron chi connectivity index (χ0n) is 11.5. The molecule has 0 aromatic heterocycles. The minimum Gasteiger partial charge on any atom is -0.496 e. The third-order valence-electron chi connectivity index (χ3n) is 3.17. The molecule has 0 spiro atoms. The lowest BCUT2D eigenvalue weighted by Crippen LogP contribution is -2.05. The van der Waals surface area contributed by atoms with Crippen molar-refractivity contribution in [1.29, 1.82) is 0 Å². The zero-order valence-corrected chi connectivity index (χ0v) is 11.5. The molecule has 0 bridgehead atoms. The van der Waals surface area contributed by atoms with E-state index in [9.17, 15) is 4.79 Å². The van der Waals surface area contributed by atoms with Crippen LogP contribution in [0.2, 0.25) is 0 Å². The minimum atomic E-state index is -0.950. The molecule has 0 heterocycles. The van der Waals surface area contributed by atoms with Crippen LogP contribution in [-0.4, -0.2) is 18.2 Å². The van der Waals surface area contributed by atoms with Crippen LogP contribution < -0.4 is 10.5 Å². The normalized spacial score (nSPS) is 11.9. The molecule has 2 aromatic carbocycles. The number of rotatable bonds is 4. The number of carboxylic acids is 1. The third kappa shape index (κ3) is 2.81. The van der Waals surface area contributed by atoms with Crippen molar-refractivity contribution in [2.24, 2.45) is 5.73 Å². The van der Waals surface area contributed by atoms with E-state index in [1.165, 1.54) is 0 Å². The molecular formula is C16H17NO3. The van der Waals surface area contributed by atoms with Gasteiger partial charge in [0.05, 0.1) is 12.7 Å². The van der Waals surface area contributed by atoms with Gasteiger partial charge in [-0.3, -0.25) is 0 Å². The van der Waals surface area contributed by atoms with Crippen molar-refractivity contribution >= 4 is 5.97 Å². The number of ether oxygens (including phenoxy) is 1. The highest BCUT2D eigenvalue weighted by atomic mass is 16.5. The SMILES string of the molecule is COc1ccc(C(C)N)cc1-c1cccc(C(=O)O)c1. The Bertz CT molecular complexity index is 635. The Labute approximate surface area is 117 Å². The van der Waals surface area contributed by atoms with Crippen LogP contribution in [0.1, 0.15) is 28.9 Å². The first kappa shape index (κ1) is 14.1. The van der Waals surface area contributed by atoms with Crippen LogP contribution in [0.4, 0.5) is 0 Å². The summed E-state index contributed by atoms with van der Waals surface area (Å²) in [6, 6.07) is 12.4. The van der Waals surface area contributed by atoms with Crippen LogP contribution in [0.5, 0.6) is 5.75 Å². The highest BCUT2D eigenvalue weighted by molar-refractivity contribution is 5.89. The number of hydrogen-bond donors (Lipinski definition) is 2. The first-order valence-corrected chi connectivity index (χ1v) is 6.30. The molecule has 3 N–H and O–H groups in total. The van der Waals surface area contributed by atoms with E-state index >= 15 is 0 Å². The Morgan fingerprint density at radius 2 is 2.00 bits per heavy atom. The van der Waals surface area contributed by atoms with Crippen LogP contribution >= 0.6 is 0 Å². The van der Waals surface area contributed by atoms with Crippen molar-refractivity contribution in [2.45, 2.75) is 13.0 Å². The van der Waals surface area contributed by atoms with Crippen LogP contribution in [0.25, 0.3) is 11.1 Å². The lowest BCUT2D eigenvalue weighted by atomic mass is 9.98. The molecule has 4 heteroatoms. The van der Waals surface area contributed by atoms with Gasteiger partial charge < -0.3 is 15.6 Å². The summed E-state index contributed by atoms with van der Waals surface area (Å²) < 4.78 is 5.35. The third-order valence-corrected chi connectivity index (χ3v) is 3.17. The van der Waals surface area contributed by atoms with Gasteiger partial charge in [0, 0.05) is 11.6 Å². The molecule has 0 aliphatic carbocycles. The number of benzene rings is 2. The van der Waals surface area contributed by atoms with Crippen LogP contribution in [0.3, 0.4) is 0 Å². The predicted octanol–water partition coefficient (Wildman–Crippen LogP) is 3.08. The van der Waals surface area contributed by atoms with Gasteiger partial charge in [0.2, 0.25) is 0 Å². The first-order chi connectivity index (χ1) is 9.52. The van der Waals surface area contributed by atoms with Crippen molar-refractivity contribution in [3.8, 4) is 16.9 Å². The van der Waals surface area contributed by atoms with Crippen LogP contribution in [0, 0.1) is 0 Å². The van der Waals surface area contributed by atoms with Crippen LogP contribution in [0.15, 0.2) is 42.5 Å². The Morgan fingerprint density at radius 1 is 1.25 bits per heavy atom. The van der Waals surface area contributed by atoms with Gasteiger partial charge in [-0.2, -0.15) is 0 Å². The minimum absolute atomic E-state index is 0.0951.